The smallest absolute Gasteiger partial charge is 0.0440 e. The number of benzene rings is 1. The number of nitrogens with one attached hydrogen (secondary N) is 2. The summed E-state index contributed by atoms with van der Waals surface area (Å²) in [7, 11) is 1.98. The molecule has 0 amide bonds. The van der Waals surface area contributed by atoms with Crippen LogP contribution in [0.3, 0.4) is 0 Å². The van der Waals surface area contributed by atoms with E-state index in [0.29, 0.717) is 0 Å². The van der Waals surface area contributed by atoms with Gasteiger partial charge in [0.2, 0.25) is 0 Å². The van der Waals surface area contributed by atoms with Crippen LogP contribution in [-0.2, 0) is 0 Å². The standard InChI is InChI=1S/C10H16N2S.C2H6/c1-11-8-5-9-13-12-10-6-3-2-4-7-10;1-2/h2-4,6-7,11-12H,5,8-9H2,1H3;1-2H3. The summed E-state index contributed by atoms with van der Waals surface area (Å²) in [4.78, 5) is 0. The first-order valence-corrected chi connectivity index (χ1v) is 6.49. The molecule has 0 aliphatic rings. The number of anilines is 1. The Labute approximate surface area is 98.0 Å². The van der Waals surface area contributed by atoms with Gasteiger partial charge < -0.3 is 10.0 Å². The molecule has 0 radical (unpaired) electrons. The van der Waals surface area contributed by atoms with Gasteiger partial charge in [-0.15, -0.1) is 0 Å². The predicted molar refractivity (Wildman–Crippen MR) is 72.4 cm³/mol. The van der Waals surface area contributed by atoms with Crippen molar-refractivity contribution in [3.63, 3.8) is 0 Å². The summed E-state index contributed by atoms with van der Waals surface area (Å²) in [6.45, 7) is 5.09. The van der Waals surface area contributed by atoms with Gasteiger partial charge in [0.05, 0.1) is 0 Å². The molecular formula is C12H22N2S. The van der Waals surface area contributed by atoms with E-state index in [1.807, 2.05) is 39.1 Å². The van der Waals surface area contributed by atoms with Crippen LogP contribution in [0, 0.1) is 0 Å². The Morgan fingerprint density at radius 3 is 2.40 bits per heavy atom. The number of rotatable bonds is 6. The summed E-state index contributed by atoms with van der Waals surface area (Å²) in [5, 5.41) is 3.13. The van der Waals surface area contributed by atoms with Crippen molar-refractivity contribution < 1.29 is 0 Å². The molecule has 0 spiro atoms. The maximum Gasteiger partial charge on any atom is 0.0440 e. The molecule has 0 bridgehead atoms. The highest BCUT2D eigenvalue weighted by molar-refractivity contribution is 8.00. The van der Waals surface area contributed by atoms with Gasteiger partial charge in [-0.25, -0.2) is 0 Å². The minimum Gasteiger partial charge on any atom is -0.330 e. The van der Waals surface area contributed by atoms with Gasteiger partial charge in [0.1, 0.15) is 0 Å². The molecule has 1 aromatic rings. The molecule has 2 N–H and O–H groups in total. The van der Waals surface area contributed by atoms with Gasteiger partial charge in [-0.05, 0) is 32.1 Å². The lowest BCUT2D eigenvalue weighted by Crippen LogP contribution is -2.08. The average molecular weight is 226 g/mol. The molecule has 1 rings (SSSR count). The largest absolute Gasteiger partial charge is 0.330 e. The summed E-state index contributed by atoms with van der Waals surface area (Å²) in [6.07, 6.45) is 1.20. The highest BCUT2D eigenvalue weighted by atomic mass is 32.2. The fourth-order valence-corrected chi connectivity index (χ4v) is 1.66. The average Bonchev–Trinajstić information content (AvgIpc) is 2.33. The van der Waals surface area contributed by atoms with Crippen LogP contribution in [0.25, 0.3) is 0 Å². The van der Waals surface area contributed by atoms with Crippen LogP contribution in [-0.4, -0.2) is 19.3 Å². The van der Waals surface area contributed by atoms with Gasteiger partial charge >= 0.3 is 0 Å². The van der Waals surface area contributed by atoms with Crippen molar-refractivity contribution in [2.75, 3.05) is 24.1 Å². The molecule has 0 aromatic heterocycles. The lowest BCUT2D eigenvalue weighted by Gasteiger charge is -2.04. The van der Waals surface area contributed by atoms with Gasteiger partial charge in [0.25, 0.3) is 0 Å². The monoisotopic (exact) mass is 226 g/mol. The molecule has 3 heteroatoms. The van der Waals surface area contributed by atoms with Crippen molar-refractivity contribution in [3.8, 4) is 0 Å². The topological polar surface area (TPSA) is 24.1 Å². The first-order valence-electron chi connectivity index (χ1n) is 5.51. The van der Waals surface area contributed by atoms with Gasteiger partial charge in [0, 0.05) is 11.4 Å². The Hall–Kier alpha value is -0.670. The summed E-state index contributed by atoms with van der Waals surface area (Å²) in [5.41, 5.74) is 1.18. The minimum atomic E-state index is 1.09. The van der Waals surface area contributed by atoms with E-state index >= 15 is 0 Å². The first kappa shape index (κ1) is 14.3. The zero-order valence-corrected chi connectivity index (χ0v) is 10.7. The molecule has 0 unspecified atom stereocenters. The van der Waals surface area contributed by atoms with E-state index in [9.17, 15) is 0 Å². The van der Waals surface area contributed by atoms with E-state index in [-0.39, 0.29) is 0 Å². The third-order valence-corrected chi connectivity index (χ3v) is 2.51. The summed E-state index contributed by atoms with van der Waals surface area (Å²) in [5.74, 6) is 1.13. The summed E-state index contributed by atoms with van der Waals surface area (Å²) >= 11 is 1.76. The third kappa shape index (κ3) is 8.33. The van der Waals surface area contributed by atoms with Gasteiger partial charge in [0.15, 0.2) is 0 Å². The molecule has 0 aliphatic carbocycles. The summed E-state index contributed by atoms with van der Waals surface area (Å²) < 4.78 is 3.29. The highest BCUT2D eigenvalue weighted by Crippen LogP contribution is 2.11. The second-order valence-corrected chi connectivity index (χ2v) is 3.67. The van der Waals surface area contributed by atoms with E-state index in [2.05, 4.69) is 22.2 Å². The Morgan fingerprint density at radius 1 is 1.13 bits per heavy atom. The molecule has 0 saturated carbocycles. The van der Waals surface area contributed by atoms with E-state index in [0.717, 1.165) is 12.3 Å². The van der Waals surface area contributed by atoms with Crippen LogP contribution in [0.2, 0.25) is 0 Å². The van der Waals surface area contributed by atoms with Crippen molar-refractivity contribution in [3.05, 3.63) is 30.3 Å². The normalized spacial score (nSPS) is 9.00. The van der Waals surface area contributed by atoms with Crippen LogP contribution < -0.4 is 10.0 Å². The van der Waals surface area contributed by atoms with Crippen LogP contribution in [0.4, 0.5) is 5.69 Å². The van der Waals surface area contributed by atoms with Crippen molar-refractivity contribution in [1.29, 1.82) is 0 Å². The molecule has 15 heavy (non-hydrogen) atoms. The molecule has 0 atom stereocenters. The fourth-order valence-electron chi connectivity index (χ4n) is 0.962. The Morgan fingerprint density at radius 2 is 1.80 bits per heavy atom. The number of hydrogen-bond donors (Lipinski definition) is 2. The zero-order valence-electron chi connectivity index (χ0n) is 9.92. The molecule has 0 aliphatic heterocycles. The Bertz CT molecular complexity index is 214. The fraction of sp³-hybridized carbons (Fsp3) is 0.500. The summed E-state index contributed by atoms with van der Waals surface area (Å²) in [6, 6.07) is 10.2. The van der Waals surface area contributed by atoms with Crippen molar-refractivity contribution in [1.82, 2.24) is 5.32 Å². The van der Waals surface area contributed by atoms with Crippen molar-refractivity contribution in [2.24, 2.45) is 0 Å². The minimum absolute atomic E-state index is 1.09. The van der Waals surface area contributed by atoms with Gasteiger partial charge in [-0.2, -0.15) is 0 Å². The van der Waals surface area contributed by atoms with Gasteiger partial charge in [-0.1, -0.05) is 44.0 Å². The van der Waals surface area contributed by atoms with E-state index in [1.54, 1.807) is 11.9 Å². The number of para-hydroxylation sites is 1. The van der Waals surface area contributed by atoms with E-state index < -0.39 is 0 Å². The van der Waals surface area contributed by atoms with E-state index in [1.165, 1.54) is 12.1 Å². The van der Waals surface area contributed by atoms with Crippen LogP contribution in [0.15, 0.2) is 30.3 Å². The van der Waals surface area contributed by atoms with Crippen LogP contribution in [0.1, 0.15) is 20.3 Å². The van der Waals surface area contributed by atoms with Crippen molar-refractivity contribution >= 4 is 17.6 Å². The maximum atomic E-state index is 3.29. The quantitative estimate of drug-likeness (QED) is 0.574. The van der Waals surface area contributed by atoms with Crippen molar-refractivity contribution in [2.45, 2.75) is 20.3 Å². The molecule has 0 saturated heterocycles. The molecular weight excluding hydrogens is 204 g/mol. The lowest BCUT2D eigenvalue weighted by molar-refractivity contribution is 0.778. The van der Waals surface area contributed by atoms with Crippen LogP contribution >= 0.6 is 11.9 Å². The number of hydrogen-bond acceptors (Lipinski definition) is 3. The first-order chi connectivity index (χ1) is 7.43. The maximum absolute atomic E-state index is 3.29. The second kappa shape index (κ2) is 11.4. The van der Waals surface area contributed by atoms with Crippen LogP contribution in [0.5, 0.6) is 0 Å². The Balaban J connectivity index is 0.000000921. The third-order valence-electron chi connectivity index (χ3n) is 1.64. The molecule has 86 valence electrons. The molecule has 0 heterocycles. The van der Waals surface area contributed by atoms with E-state index in [4.69, 9.17) is 0 Å². The highest BCUT2D eigenvalue weighted by Gasteiger charge is 1.89. The molecule has 0 fully saturated rings. The second-order valence-electron chi connectivity index (χ2n) is 2.77. The SMILES string of the molecule is CC.CNCCCSNc1ccccc1. The molecule has 1 aromatic carbocycles. The zero-order chi connectivity index (χ0) is 11.4. The predicted octanol–water partition coefficient (Wildman–Crippen LogP) is 3.38. The Kier molecular flexibility index (Phi) is 10.9. The lowest BCUT2D eigenvalue weighted by atomic mass is 10.3. The van der Waals surface area contributed by atoms with Gasteiger partial charge in [-0.3, -0.25) is 0 Å². The molecule has 2 nitrogen and oxygen atoms in total.